The number of nitrogens with zero attached hydrogens (tertiary/aromatic N) is 5. The van der Waals surface area contributed by atoms with E-state index in [1.807, 2.05) is 16.9 Å². The molecule has 0 spiro atoms. The van der Waals surface area contributed by atoms with E-state index < -0.39 is 0 Å². The zero-order chi connectivity index (χ0) is 25.8. The van der Waals surface area contributed by atoms with Crippen molar-refractivity contribution in [2.75, 3.05) is 26.5 Å². The van der Waals surface area contributed by atoms with Gasteiger partial charge in [0.2, 0.25) is 5.95 Å². The van der Waals surface area contributed by atoms with Crippen molar-refractivity contribution in [3.63, 3.8) is 0 Å². The summed E-state index contributed by atoms with van der Waals surface area (Å²) in [5.41, 5.74) is 2.39. The molecule has 1 aliphatic carbocycles. The van der Waals surface area contributed by atoms with E-state index in [1.165, 1.54) is 0 Å². The second-order valence-electron chi connectivity index (χ2n) is 9.65. The van der Waals surface area contributed by atoms with E-state index in [0.717, 1.165) is 25.7 Å². The van der Waals surface area contributed by atoms with Crippen molar-refractivity contribution in [3.8, 4) is 17.1 Å². The van der Waals surface area contributed by atoms with Gasteiger partial charge in [0.1, 0.15) is 17.1 Å². The predicted octanol–water partition coefficient (Wildman–Crippen LogP) is 4.93. The van der Waals surface area contributed by atoms with Crippen LogP contribution >= 0.6 is 11.6 Å². The highest BCUT2D eigenvalue weighted by Gasteiger charge is 2.24. The molecule has 0 radical (unpaired) electrons. The number of amides is 1. The van der Waals surface area contributed by atoms with E-state index in [2.05, 4.69) is 58.5 Å². The third kappa shape index (κ3) is 5.96. The monoisotopic (exact) mass is 511 g/mol. The van der Waals surface area contributed by atoms with E-state index in [1.54, 1.807) is 31.5 Å². The fourth-order valence-corrected chi connectivity index (χ4v) is 4.61. The Bertz CT molecular complexity index is 1200. The molecule has 0 bridgehead atoms. The molecular formula is C26H34ClN7O2. The number of rotatable bonds is 8. The van der Waals surface area contributed by atoms with Gasteiger partial charge in [-0.2, -0.15) is 5.10 Å². The highest BCUT2D eigenvalue weighted by Crippen LogP contribution is 2.31. The van der Waals surface area contributed by atoms with E-state index in [4.69, 9.17) is 16.3 Å². The zero-order valence-corrected chi connectivity index (χ0v) is 22.2. The Morgan fingerprint density at radius 2 is 1.94 bits per heavy atom. The van der Waals surface area contributed by atoms with Gasteiger partial charge in [-0.3, -0.25) is 9.48 Å². The predicted molar refractivity (Wildman–Crippen MR) is 142 cm³/mol. The van der Waals surface area contributed by atoms with Crippen LogP contribution in [0, 0.1) is 0 Å². The molecule has 0 aliphatic heterocycles. The lowest BCUT2D eigenvalue weighted by Gasteiger charge is -2.33. The SMILES string of the molecule is COc1cc(C(=O)NC2CCC(N(C)C)CC2)ccc1Nc1ncc(Cl)c(-c2ccn(C(C)C)n2)n1. The van der Waals surface area contributed by atoms with Crippen LogP contribution < -0.4 is 15.4 Å². The molecule has 1 saturated carbocycles. The average Bonchev–Trinajstić information content (AvgIpc) is 3.36. The first-order valence-electron chi connectivity index (χ1n) is 12.3. The summed E-state index contributed by atoms with van der Waals surface area (Å²) in [5, 5.41) is 11.3. The van der Waals surface area contributed by atoms with E-state index >= 15 is 0 Å². The summed E-state index contributed by atoms with van der Waals surface area (Å²) in [6.07, 6.45) is 7.58. The Labute approximate surface area is 217 Å². The van der Waals surface area contributed by atoms with Crippen LogP contribution in [0.2, 0.25) is 5.02 Å². The molecular weight excluding hydrogens is 478 g/mol. The van der Waals surface area contributed by atoms with Crippen molar-refractivity contribution in [1.29, 1.82) is 0 Å². The molecule has 0 saturated heterocycles. The second kappa shape index (κ2) is 11.3. The van der Waals surface area contributed by atoms with Gasteiger partial charge in [0.25, 0.3) is 5.91 Å². The van der Waals surface area contributed by atoms with Crippen LogP contribution in [0.5, 0.6) is 5.75 Å². The summed E-state index contributed by atoms with van der Waals surface area (Å²) in [5.74, 6) is 0.767. The molecule has 0 atom stereocenters. The van der Waals surface area contributed by atoms with E-state index in [9.17, 15) is 4.79 Å². The number of carbonyl (C=O) groups excluding carboxylic acids is 1. The Kier molecular flexibility index (Phi) is 8.11. The average molecular weight is 512 g/mol. The lowest BCUT2D eigenvalue weighted by Crippen LogP contribution is -2.41. The normalized spacial score (nSPS) is 17.9. The highest BCUT2D eigenvalue weighted by molar-refractivity contribution is 6.32. The quantitative estimate of drug-likeness (QED) is 0.442. The molecule has 192 valence electrons. The summed E-state index contributed by atoms with van der Waals surface area (Å²) >= 11 is 6.37. The summed E-state index contributed by atoms with van der Waals surface area (Å²) in [7, 11) is 5.79. The molecule has 4 rings (SSSR count). The van der Waals surface area contributed by atoms with Crippen LogP contribution in [0.15, 0.2) is 36.7 Å². The molecule has 10 heteroatoms. The van der Waals surface area contributed by atoms with Gasteiger partial charge in [0.15, 0.2) is 0 Å². The van der Waals surface area contributed by atoms with E-state index in [0.29, 0.717) is 45.4 Å². The van der Waals surface area contributed by atoms with E-state index in [-0.39, 0.29) is 18.0 Å². The topological polar surface area (TPSA) is 97.2 Å². The largest absolute Gasteiger partial charge is 0.495 e. The lowest BCUT2D eigenvalue weighted by molar-refractivity contribution is 0.0916. The number of hydrogen-bond donors (Lipinski definition) is 2. The number of hydrogen-bond acceptors (Lipinski definition) is 7. The van der Waals surface area contributed by atoms with Crippen molar-refractivity contribution in [2.45, 2.75) is 57.7 Å². The first kappa shape index (κ1) is 25.9. The number of carbonyl (C=O) groups is 1. The van der Waals surface area contributed by atoms with Crippen molar-refractivity contribution in [2.24, 2.45) is 0 Å². The van der Waals surface area contributed by atoms with Crippen molar-refractivity contribution in [3.05, 3.63) is 47.2 Å². The third-order valence-corrected chi connectivity index (χ3v) is 6.87. The van der Waals surface area contributed by atoms with Crippen molar-refractivity contribution >= 4 is 29.1 Å². The first-order valence-corrected chi connectivity index (χ1v) is 12.6. The van der Waals surface area contributed by atoms with Gasteiger partial charge in [-0.1, -0.05) is 11.6 Å². The molecule has 36 heavy (non-hydrogen) atoms. The maximum atomic E-state index is 12.9. The number of ether oxygens (including phenoxy) is 1. The minimum Gasteiger partial charge on any atom is -0.495 e. The van der Waals surface area contributed by atoms with Crippen LogP contribution in [0.3, 0.4) is 0 Å². The molecule has 2 aromatic heterocycles. The minimum absolute atomic E-state index is 0.0982. The number of nitrogens with one attached hydrogen (secondary N) is 2. The molecule has 2 heterocycles. The molecule has 1 aliphatic rings. The Morgan fingerprint density at radius 3 is 2.58 bits per heavy atom. The summed E-state index contributed by atoms with van der Waals surface area (Å²) in [6, 6.07) is 8.17. The van der Waals surface area contributed by atoms with Gasteiger partial charge >= 0.3 is 0 Å². The first-order chi connectivity index (χ1) is 17.2. The smallest absolute Gasteiger partial charge is 0.251 e. The number of halogens is 1. The van der Waals surface area contributed by atoms with Crippen LogP contribution in [0.1, 0.15) is 55.9 Å². The number of methoxy groups -OCH3 is 1. The van der Waals surface area contributed by atoms with Crippen LogP contribution in [-0.4, -0.2) is 63.8 Å². The number of benzene rings is 1. The fraction of sp³-hybridized carbons (Fsp3) is 0.462. The van der Waals surface area contributed by atoms with Crippen molar-refractivity contribution in [1.82, 2.24) is 30.0 Å². The molecule has 0 unspecified atom stereocenters. The lowest BCUT2D eigenvalue weighted by atomic mass is 9.90. The minimum atomic E-state index is -0.0982. The Hall–Kier alpha value is -3.17. The standard InChI is InChI=1S/C26H34ClN7O2/c1-16(2)34-13-12-22(32-34)24-20(27)15-28-26(31-24)30-21-11-6-17(14-23(21)36-5)25(35)29-18-7-9-19(10-8-18)33(3)4/h6,11-16,18-19H,7-10H2,1-5H3,(H,29,35)(H,28,30,31). The fourth-order valence-electron chi connectivity index (χ4n) is 4.42. The Morgan fingerprint density at radius 1 is 1.19 bits per heavy atom. The van der Waals surface area contributed by atoms with Crippen molar-refractivity contribution < 1.29 is 9.53 Å². The molecule has 2 N–H and O–H groups in total. The van der Waals surface area contributed by atoms with Crippen LogP contribution in [0.25, 0.3) is 11.4 Å². The molecule has 1 amide bonds. The summed E-state index contributed by atoms with van der Waals surface area (Å²) < 4.78 is 7.41. The Balaban J connectivity index is 1.47. The maximum absolute atomic E-state index is 12.9. The molecule has 1 fully saturated rings. The number of aromatic nitrogens is 4. The number of anilines is 2. The highest BCUT2D eigenvalue weighted by atomic mass is 35.5. The zero-order valence-electron chi connectivity index (χ0n) is 21.5. The molecule has 3 aromatic rings. The van der Waals surface area contributed by atoms with Gasteiger partial charge in [0.05, 0.1) is 24.0 Å². The third-order valence-electron chi connectivity index (χ3n) is 6.60. The van der Waals surface area contributed by atoms with Gasteiger partial charge < -0.3 is 20.3 Å². The second-order valence-corrected chi connectivity index (χ2v) is 10.1. The van der Waals surface area contributed by atoms with Gasteiger partial charge in [0, 0.05) is 29.9 Å². The molecule has 9 nitrogen and oxygen atoms in total. The van der Waals surface area contributed by atoms with Gasteiger partial charge in [-0.25, -0.2) is 9.97 Å². The van der Waals surface area contributed by atoms with Crippen LogP contribution in [-0.2, 0) is 0 Å². The van der Waals surface area contributed by atoms with Gasteiger partial charge in [-0.15, -0.1) is 0 Å². The molecule has 1 aromatic carbocycles. The van der Waals surface area contributed by atoms with Gasteiger partial charge in [-0.05, 0) is 77.9 Å². The maximum Gasteiger partial charge on any atom is 0.251 e. The summed E-state index contributed by atoms with van der Waals surface area (Å²) in [6.45, 7) is 4.11. The summed E-state index contributed by atoms with van der Waals surface area (Å²) in [4.78, 5) is 24.0. The van der Waals surface area contributed by atoms with Crippen LogP contribution in [0.4, 0.5) is 11.6 Å².